The Morgan fingerprint density at radius 2 is 1.70 bits per heavy atom. The van der Waals surface area contributed by atoms with Gasteiger partial charge in [-0.05, 0) is 0 Å². The average Bonchev–Trinajstić information content (AvgIpc) is 1.84. The molecule has 0 amide bonds. The maximum atomic E-state index is 5.42. The molecule has 10 heavy (non-hydrogen) atoms. The Hall–Kier alpha value is 0.499. The molecule has 0 bridgehead atoms. The summed E-state index contributed by atoms with van der Waals surface area (Å²) in [4.78, 5) is 0. The van der Waals surface area contributed by atoms with Crippen LogP contribution < -0.4 is 0 Å². The predicted octanol–water partition coefficient (Wildman–Crippen LogP) is 2.08. The van der Waals surface area contributed by atoms with Gasteiger partial charge in [-0.25, -0.2) is 0 Å². The van der Waals surface area contributed by atoms with Crippen molar-refractivity contribution in [2.75, 3.05) is 0 Å². The van der Waals surface area contributed by atoms with Crippen LogP contribution in [0.1, 0.15) is 27.7 Å². The minimum absolute atomic E-state index is 0.137. The molecule has 0 aromatic carbocycles. The van der Waals surface area contributed by atoms with E-state index in [-0.39, 0.29) is 11.0 Å². The van der Waals surface area contributed by atoms with Crippen LogP contribution in [0.5, 0.6) is 0 Å². The van der Waals surface area contributed by atoms with E-state index >= 15 is 0 Å². The summed E-state index contributed by atoms with van der Waals surface area (Å²) in [5.41, 5.74) is -0.0382. The molecule has 0 saturated carbocycles. The zero-order valence-corrected chi connectivity index (χ0v) is 10.0. The van der Waals surface area contributed by atoms with Gasteiger partial charge in [-0.15, -0.1) is 0 Å². The van der Waals surface area contributed by atoms with Crippen LogP contribution in [-0.2, 0) is 3.07 Å². The fourth-order valence-electron chi connectivity index (χ4n) is 0.501. The summed E-state index contributed by atoms with van der Waals surface area (Å²) < 4.78 is 5.42. The molecule has 0 saturated heterocycles. The molecule has 57 valence electrons. The van der Waals surface area contributed by atoms with Crippen molar-refractivity contribution in [3.05, 3.63) is 12.7 Å². The van der Waals surface area contributed by atoms with E-state index in [0.29, 0.717) is 0 Å². The van der Waals surface area contributed by atoms with Gasteiger partial charge >= 0.3 is 77.4 Å². The summed E-state index contributed by atoms with van der Waals surface area (Å²) in [6.45, 7) is 12.3. The van der Waals surface area contributed by atoms with Crippen LogP contribution in [0.15, 0.2) is 12.7 Å². The van der Waals surface area contributed by atoms with E-state index in [2.05, 4.69) is 34.3 Å². The molecule has 1 nitrogen and oxygen atoms in total. The van der Waals surface area contributed by atoms with Gasteiger partial charge in [0.2, 0.25) is 0 Å². The van der Waals surface area contributed by atoms with Gasteiger partial charge in [0, 0.05) is 0 Å². The summed E-state index contributed by atoms with van der Waals surface area (Å²) >= 11 is 1.10. The number of rotatable bonds is 2. The summed E-state index contributed by atoms with van der Waals surface area (Å²) in [6, 6.07) is 0. The normalized spacial score (nSPS) is 18.1. The summed E-state index contributed by atoms with van der Waals surface area (Å²) in [5, 5.41) is 0. The van der Waals surface area contributed by atoms with E-state index in [1.807, 2.05) is 6.08 Å². The van der Waals surface area contributed by atoms with E-state index in [1.165, 1.54) is 0 Å². The standard InChI is InChI=1S/C8H15O.Sn/c1-6-8(5,9)7(2,3)4;/h6H,1H2,2-5H3;/q-1;+1. The van der Waals surface area contributed by atoms with Crippen LogP contribution in [0.3, 0.4) is 0 Å². The van der Waals surface area contributed by atoms with Crippen molar-refractivity contribution >= 4 is 22.9 Å². The van der Waals surface area contributed by atoms with Crippen LogP contribution in [0, 0.1) is 5.41 Å². The van der Waals surface area contributed by atoms with Gasteiger partial charge in [-0.2, -0.15) is 0 Å². The number of hydrogen-bond acceptors (Lipinski definition) is 1. The van der Waals surface area contributed by atoms with Crippen molar-refractivity contribution in [1.82, 2.24) is 0 Å². The van der Waals surface area contributed by atoms with Crippen molar-refractivity contribution in [1.29, 1.82) is 0 Å². The molecule has 0 aliphatic heterocycles. The summed E-state index contributed by atoms with van der Waals surface area (Å²) in [6.07, 6.45) is 1.88. The van der Waals surface area contributed by atoms with Gasteiger partial charge in [0.25, 0.3) is 0 Å². The molecule has 3 radical (unpaired) electrons. The first kappa shape index (κ1) is 10.5. The van der Waals surface area contributed by atoms with Gasteiger partial charge in [0.1, 0.15) is 0 Å². The first-order chi connectivity index (χ1) is 4.37. The molecule has 0 aromatic rings. The predicted molar refractivity (Wildman–Crippen MR) is 44.9 cm³/mol. The quantitative estimate of drug-likeness (QED) is 0.535. The van der Waals surface area contributed by atoms with Crippen molar-refractivity contribution in [3.63, 3.8) is 0 Å². The third-order valence-corrected chi connectivity index (χ3v) is 3.30. The van der Waals surface area contributed by atoms with E-state index in [0.717, 1.165) is 22.9 Å². The Morgan fingerprint density at radius 3 is 1.70 bits per heavy atom. The van der Waals surface area contributed by atoms with Crippen molar-refractivity contribution in [2.24, 2.45) is 5.41 Å². The molecule has 1 unspecified atom stereocenters. The van der Waals surface area contributed by atoms with Crippen molar-refractivity contribution < 1.29 is 3.07 Å². The first-order valence-corrected chi connectivity index (χ1v) is 4.52. The van der Waals surface area contributed by atoms with Crippen LogP contribution in [0.2, 0.25) is 0 Å². The van der Waals surface area contributed by atoms with Gasteiger partial charge in [-0.3, -0.25) is 0 Å². The molecule has 0 fully saturated rings. The first-order valence-electron chi connectivity index (χ1n) is 3.36. The van der Waals surface area contributed by atoms with Gasteiger partial charge < -0.3 is 0 Å². The molecule has 0 aliphatic rings. The second-order valence-corrected chi connectivity index (χ2v) is 4.25. The van der Waals surface area contributed by atoms with Crippen LogP contribution in [0.4, 0.5) is 0 Å². The monoisotopic (exact) mass is 247 g/mol. The molecule has 0 heterocycles. The third kappa shape index (κ3) is 1.99. The Bertz CT molecular complexity index is 126. The SMILES string of the molecule is C=CC(C)([O][Sn])C(C)(C)C. The third-order valence-electron chi connectivity index (χ3n) is 2.09. The Kier molecular flexibility index (Phi) is 3.43. The summed E-state index contributed by atoms with van der Waals surface area (Å²) in [7, 11) is 0. The minimum atomic E-state index is -0.175. The van der Waals surface area contributed by atoms with Gasteiger partial charge in [0.05, 0.1) is 0 Å². The van der Waals surface area contributed by atoms with E-state index < -0.39 is 0 Å². The van der Waals surface area contributed by atoms with E-state index in [4.69, 9.17) is 3.07 Å². The molecule has 0 spiro atoms. The molecule has 1 atom stereocenters. The molecular formula is C8H15OSn. The number of hydrogen-bond donors (Lipinski definition) is 0. The zero-order chi connectivity index (χ0) is 8.41. The molecule has 2 heteroatoms. The Balaban J connectivity index is 4.48. The Labute approximate surface area is 77.5 Å². The van der Waals surface area contributed by atoms with Crippen LogP contribution >= 0.6 is 0 Å². The van der Waals surface area contributed by atoms with Gasteiger partial charge in [-0.1, -0.05) is 0 Å². The maximum absolute atomic E-state index is 5.42. The van der Waals surface area contributed by atoms with E-state index in [1.54, 1.807) is 0 Å². The molecular weight excluding hydrogens is 231 g/mol. The van der Waals surface area contributed by atoms with Crippen LogP contribution in [0.25, 0.3) is 0 Å². The molecule has 0 rings (SSSR count). The fraction of sp³-hybridized carbons (Fsp3) is 0.750. The average molecular weight is 246 g/mol. The van der Waals surface area contributed by atoms with Crippen LogP contribution in [-0.4, -0.2) is 28.5 Å². The molecule has 0 N–H and O–H groups in total. The molecule has 0 aliphatic carbocycles. The van der Waals surface area contributed by atoms with E-state index in [9.17, 15) is 0 Å². The summed E-state index contributed by atoms with van der Waals surface area (Å²) in [5.74, 6) is 0. The Morgan fingerprint density at radius 1 is 1.30 bits per heavy atom. The van der Waals surface area contributed by atoms with Crippen molar-refractivity contribution in [3.8, 4) is 0 Å². The zero-order valence-electron chi connectivity index (χ0n) is 7.19. The second kappa shape index (κ2) is 3.26. The second-order valence-electron chi connectivity index (χ2n) is 3.66. The van der Waals surface area contributed by atoms with Gasteiger partial charge in [0.15, 0.2) is 0 Å². The molecule has 0 aromatic heterocycles. The topological polar surface area (TPSA) is 9.23 Å². The fourth-order valence-corrected chi connectivity index (χ4v) is 1.61. The van der Waals surface area contributed by atoms with Crippen molar-refractivity contribution in [2.45, 2.75) is 33.3 Å².